The fourth-order valence-corrected chi connectivity index (χ4v) is 5.89. The fourth-order valence-electron chi connectivity index (χ4n) is 5.89. The van der Waals surface area contributed by atoms with Crippen LogP contribution in [0, 0.1) is 0 Å². The van der Waals surface area contributed by atoms with Gasteiger partial charge in [-0.2, -0.15) is 0 Å². The molecule has 2 nitrogen and oxygen atoms in total. The van der Waals surface area contributed by atoms with Crippen molar-refractivity contribution in [2.24, 2.45) is 0 Å². The van der Waals surface area contributed by atoms with Gasteiger partial charge in [-0.25, -0.2) is 0 Å². The molecule has 0 bridgehead atoms. The van der Waals surface area contributed by atoms with E-state index in [1.54, 1.807) is 0 Å². The van der Waals surface area contributed by atoms with Gasteiger partial charge in [-0.15, -0.1) is 0 Å². The first-order valence-corrected chi connectivity index (χ1v) is 13.6. The van der Waals surface area contributed by atoms with Crippen molar-refractivity contribution >= 4 is 49.8 Å². The molecule has 0 N–H and O–H groups in total. The predicted molar refractivity (Wildman–Crippen MR) is 168 cm³/mol. The normalized spacial score (nSPS) is 11.5. The molecule has 0 aliphatic carbocycles. The first-order chi connectivity index (χ1) is 19.8. The number of hydrogen-bond donors (Lipinski definition) is 0. The van der Waals surface area contributed by atoms with Crippen molar-refractivity contribution < 1.29 is 4.42 Å². The van der Waals surface area contributed by atoms with Gasteiger partial charge in [0.15, 0.2) is 5.58 Å². The van der Waals surface area contributed by atoms with Gasteiger partial charge in [0, 0.05) is 22.1 Å². The van der Waals surface area contributed by atoms with E-state index in [1.807, 2.05) is 0 Å². The third kappa shape index (κ3) is 3.65. The van der Waals surface area contributed by atoms with Crippen molar-refractivity contribution in [1.82, 2.24) is 0 Å². The minimum Gasteiger partial charge on any atom is -0.454 e. The molecule has 2 heteroatoms. The molecule has 1 aromatic heterocycles. The molecule has 0 aliphatic heterocycles. The minimum absolute atomic E-state index is 0.906. The zero-order chi connectivity index (χ0) is 26.5. The topological polar surface area (TPSA) is 16.4 Å². The highest BCUT2D eigenvalue weighted by Gasteiger charge is 2.21. The predicted octanol–water partition coefficient (Wildman–Crippen LogP) is 11.0. The third-order valence-corrected chi connectivity index (χ3v) is 7.84. The number of hydrogen-bond acceptors (Lipinski definition) is 2. The molecule has 1 heterocycles. The molecule has 188 valence electrons. The molecule has 0 radical (unpaired) electrons. The van der Waals surface area contributed by atoms with E-state index in [0.717, 1.165) is 28.2 Å². The van der Waals surface area contributed by atoms with Crippen LogP contribution in [0.5, 0.6) is 0 Å². The van der Waals surface area contributed by atoms with Gasteiger partial charge >= 0.3 is 0 Å². The van der Waals surface area contributed by atoms with Gasteiger partial charge in [0.2, 0.25) is 0 Å². The zero-order valence-corrected chi connectivity index (χ0v) is 21.8. The van der Waals surface area contributed by atoms with E-state index < -0.39 is 0 Å². The van der Waals surface area contributed by atoms with Gasteiger partial charge in [0.05, 0.1) is 5.69 Å². The molecule has 0 saturated carbocycles. The third-order valence-electron chi connectivity index (χ3n) is 7.84. The highest BCUT2D eigenvalue weighted by atomic mass is 16.3. The van der Waals surface area contributed by atoms with Gasteiger partial charge in [-0.1, -0.05) is 115 Å². The van der Waals surface area contributed by atoms with Crippen LogP contribution in [0.15, 0.2) is 156 Å². The summed E-state index contributed by atoms with van der Waals surface area (Å²) in [4.78, 5) is 2.31. The maximum atomic E-state index is 6.61. The summed E-state index contributed by atoms with van der Waals surface area (Å²) in [7, 11) is 0. The average Bonchev–Trinajstić information content (AvgIpc) is 3.43. The summed E-state index contributed by atoms with van der Waals surface area (Å²) >= 11 is 0. The van der Waals surface area contributed by atoms with Crippen LogP contribution in [-0.2, 0) is 0 Å². The SMILES string of the molecule is c1ccc(-c2ccc(N(c3ccc(-c4ccccc4)cc3)c3ccc4ccc5cccc6oc3c4c56)cc2)cc1. The zero-order valence-electron chi connectivity index (χ0n) is 21.8. The highest BCUT2D eigenvalue weighted by Crippen LogP contribution is 2.45. The van der Waals surface area contributed by atoms with E-state index in [0.29, 0.717) is 0 Å². The molecular formula is C38H25NO. The molecule has 8 aromatic rings. The second kappa shape index (κ2) is 9.14. The molecule has 7 aromatic carbocycles. The Kier molecular flexibility index (Phi) is 5.17. The largest absolute Gasteiger partial charge is 0.454 e. The number of nitrogens with zero attached hydrogens (tertiary/aromatic N) is 1. The van der Waals surface area contributed by atoms with Crippen LogP contribution < -0.4 is 4.90 Å². The lowest BCUT2D eigenvalue weighted by atomic mass is 10.0. The van der Waals surface area contributed by atoms with Crippen molar-refractivity contribution in [1.29, 1.82) is 0 Å². The average molecular weight is 512 g/mol. The van der Waals surface area contributed by atoms with Gasteiger partial charge in [-0.3, -0.25) is 0 Å². The van der Waals surface area contributed by atoms with Gasteiger partial charge in [-0.05, 0) is 69.4 Å². The Morgan fingerprint density at radius 2 is 0.875 bits per heavy atom. The minimum atomic E-state index is 0.906. The summed E-state index contributed by atoms with van der Waals surface area (Å²) in [6.45, 7) is 0. The second-order valence-corrected chi connectivity index (χ2v) is 10.2. The van der Waals surface area contributed by atoms with Crippen molar-refractivity contribution in [3.05, 3.63) is 152 Å². The summed E-state index contributed by atoms with van der Waals surface area (Å²) in [5.74, 6) is 0. The lowest BCUT2D eigenvalue weighted by Crippen LogP contribution is -2.10. The van der Waals surface area contributed by atoms with E-state index in [1.165, 1.54) is 43.8 Å². The van der Waals surface area contributed by atoms with E-state index in [-0.39, 0.29) is 0 Å². The molecular weight excluding hydrogens is 486 g/mol. The molecule has 0 aliphatic rings. The number of anilines is 3. The Bertz CT molecular complexity index is 1990. The second-order valence-electron chi connectivity index (χ2n) is 10.2. The molecule has 0 unspecified atom stereocenters. The van der Waals surface area contributed by atoms with Crippen molar-refractivity contribution in [3.8, 4) is 22.3 Å². The number of benzene rings is 7. The van der Waals surface area contributed by atoms with E-state index in [4.69, 9.17) is 4.42 Å². The molecule has 0 atom stereocenters. The Hall–Kier alpha value is -5.34. The molecule has 40 heavy (non-hydrogen) atoms. The van der Waals surface area contributed by atoms with Crippen LogP contribution in [0.1, 0.15) is 0 Å². The van der Waals surface area contributed by atoms with E-state index in [2.05, 4.69) is 157 Å². The molecule has 8 rings (SSSR count). The Labute approximate surface area is 232 Å². The smallest absolute Gasteiger partial charge is 0.160 e. The maximum Gasteiger partial charge on any atom is 0.160 e. The molecule has 0 amide bonds. The van der Waals surface area contributed by atoms with Crippen molar-refractivity contribution in [3.63, 3.8) is 0 Å². The van der Waals surface area contributed by atoms with Crippen molar-refractivity contribution in [2.45, 2.75) is 0 Å². The Balaban J connectivity index is 1.32. The first-order valence-electron chi connectivity index (χ1n) is 13.6. The van der Waals surface area contributed by atoms with Gasteiger partial charge in [0.25, 0.3) is 0 Å². The maximum absolute atomic E-state index is 6.61. The summed E-state index contributed by atoms with van der Waals surface area (Å²) in [5.41, 5.74) is 9.80. The van der Waals surface area contributed by atoms with Crippen LogP contribution in [-0.4, -0.2) is 0 Å². The summed E-state index contributed by atoms with van der Waals surface area (Å²) in [6, 6.07) is 53.7. The van der Waals surface area contributed by atoms with Crippen molar-refractivity contribution in [2.75, 3.05) is 4.90 Å². The van der Waals surface area contributed by atoms with E-state index >= 15 is 0 Å². The molecule has 0 spiro atoms. The molecule has 0 saturated heterocycles. The van der Waals surface area contributed by atoms with Gasteiger partial charge < -0.3 is 9.32 Å². The summed E-state index contributed by atoms with van der Waals surface area (Å²) in [5, 5.41) is 4.76. The van der Waals surface area contributed by atoms with E-state index in [9.17, 15) is 0 Å². The van der Waals surface area contributed by atoms with Crippen LogP contribution in [0.3, 0.4) is 0 Å². The van der Waals surface area contributed by atoms with Gasteiger partial charge in [0.1, 0.15) is 5.58 Å². The number of rotatable bonds is 5. The molecule has 0 fully saturated rings. The quantitative estimate of drug-likeness (QED) is 0.214. The Morgan fingerprint density at radius 1 is 0.375 bits per heavy atom. The van der Waals surface area contributed by atoms with Crippen LogP contribution >= 0.6 is 0 Å². The summed E-state index contributed by atoms with van der Waals surface area (Å²) in [6.07, 6.45) is 0. The van der Waals surface area contributed by atoms with Crippen LogP contribution in [0.4, 0.5) is 17.1 Å². The summed E-state index contributed by atoms with van der Waals surface area (Å²) < 4.78 is 6.61. The van der Waals surface area contributed by atoms with Crippen LogP contribution in [0.2, 0.25) is 0 Å². The highest BCUT2D eigenvalue weighted by molar-refractivity contribution is 6.24. The monoisotopic (exact) mass is 511 g/mol. The lowest BCUT2D eigenvalue weighted by molar-refractivity contribution is 0.669. The number of furan rings is 1. The Morgan fingerprint density at radius 3 is 1.45 bits per heavy atom. The standard InChI is InChI=1S/C38H25NO/c1-3-8-26(9-4-1)28-16-21-32(22-17-28)39(33-23-18-29(19-24-33)27-10-5-2-6-11-27)34-25-20-31-15-14-30-12-7-13-35-36(30)37(31)38(34)40-35/h1-25H. The first kappa shape index (κ1) is 22.6. The van der Waals surface area contributed by atoms with Crippen LogP contribution in [0.25, 0.3) is 55.0 Å². The lowest BCUT2D eigenvalue weighted by Gasteiger charge is -2.26. The fraction of sp³-hybridized carbons (Fsp3) is 0.